The van der Waals surface area contributed by atoms with Crippen molar-refractivity contribution in [3.63, 3.8) is 0 Å². The van der Waals surface area contributed by atoms with Gasteiger partial charge in [-0.1, -0.05) is 68.3 Å². The minimum absolute atomic E-state index is 0.0350. The van der Waals surface area contributed by atoms with Crippen LogP contribution in [-0.2, 0) is 20.7 Å². The number of benzene rings is 2. The molecule has 0 saturated heterocycles. The van der Waals surface area contributed by atoms with E-state index in [1.165, 1.54) is 4.90 Å². The summed E-state index contributed by atoms with van der Waals surface area (Å²) in [5, 5.41) is 16.5. The van der Waals surface area contributed by atoms with E-state index in [0.717, 1.165) is 24.8 Å². The van der Waals surface area contributed by atoms with Gasteiger partial charge in [0.05, 0.1) is 0 Å². The SMILES string of the molecule is CCCCCNC(=O)C(c1cccc(C)c1O)N(CC)C(=O)C(Cc1ccccc1)NC(=O)OC(C)(C)C. The van der Waals surface area contributed by atoms with Crippen LogP contribution in [0.15, 0.2) is 48.5 Å². The second kappa shape index (κ2) is 14.4. The maximum absolute atomic E-state index is 14.1. The Morgan fingerprint density at radius 1 is 1.00 bits per heavy atom. The van der Waals surface area contributed by atoms with E-state index in [2.05, 4.69) is 17.6 Å². The average Bonchev–Trinajstić information content (AvgIpc) is 2.85. The minimum atomic E-state index is -1.08. The quantitative estimate of drug-likeness (QED) is 0.337. The van der Waals surface area contributed by atoms with Crippen molar-refractivity contribution in [2.24, 2.45) is 0 Å². The number of para-hydroxylation sites is 1. The molecule has 38 heavy (non-hydrogen) atoms. The van der Waals surface area contributed by atoms with Crippen LogP contribution >= 0.6 is 0 Å². The molecular weight excluding hydrogens is 482 g/mol. The number of rotatable bonds is 12. The molecule has 0 fully saturated rings. The Morgan fingerprint density at radius 3 is 2.29 bits per heavy atom. The Labute approximate surface area is 226 Å². The lowest BCUT2D eigenvalue weighted by Crippen LogP contribution is -2.53. The molecule has 8 heteroatoms. The number of unbranched alkanes of at least 4 members (excludes halogenated alkanes) is 2. The number of amides is 3. The summed E-state index contributed by atoms with van der Waals surface area (Å²) in [5.41, 5.74) is 1.03. The number of carbonyl (C=O) groups is 3. The minimum Gasteiger partial charge on any atom is -0.507 e. The van der Waals surface area contributed by atoms with Gasteiger partial charge in [-0.25, -0.2) is 4.79 Å². The number of likely N-dealkylation sites (N-methyl/N-ethyl adjacent to an activating group) is 1. The number of alkyl carbamates (subject to hydrolysis) is 1. The highest BCUT2D eigenvalue weighted by Gasteiger charge is 2.37. The lowest BCUT2D eigenvalue weighted by atomic mass is 9.98. The van der Waals surface area contributed by atoms with Crippen molar-refractivity contribution >= 4 is 17.9 Å². The Kier molecular flexibility index (Phi) is 11.6. The molecule has 3 amide bonds. The zero-order chi connectivity index (χ0) is 28.3. The van der Waals surface area contributed by atoms with Crippen molar-refractivity contribution in [2.45, 2.75) is 84.9 Å². The highest BCUT2D eigenvalue weighted by atomic mass is 16.6. The van der Waals surface area contributed by atoms with E-state index in [-0.39, 0.29) is 24.6 Å². The molecule has 0 radical (unpaired) electrons. The van der Waals surface area contributed by atoms with Crippen LogP contribution in [0.25, 0.3) is 0 Å². The van der Waals surface area contributed by atoms with Crippen LogP contribution in [-0.4, -0.2) is 52.6 Å². The van der Waals surface area contributed by atoms with Crippen LogP contribution in [0.2, 0.25) is 0 Å². The number of phenols is 1. The molecule has 2 atom stereocenters. The Morgan fingerprint density at radius 2 is 1.68 bits per heavy atom. The van der Waals surface area contributed by atoms with E-state index in [9.17, 15) is 19.5 Å². The maximum atomic E-state index is 14.1. The van der Waals surface area contributed by atoms with Gasteiger partial charge in [-0.3, -0.25) is 9.59 Å². The zero-order valence-electron chi connectivity index (χ0n) is 23.5. The highest BCUT2D eigenvalue weighted by Crippen LogP contribution is 2.32. The summed E-state index contributed by atoms with van der Waals surface area (Å²) in [7, 11) is 0. The topological polar surface area (TPSA) is 108 Å². The van der Waals surface area contributed by atoms with Crippen LogP contribution in [0.3, 0.4) is 0 Å². The number of aromatic hydroxyl groups is 1. The fraction of sp³-hybridized carbons (Fsp3) is 0.500. The fourth-order valence-electron chi connectivity index (χ4n) is 4.20. The third kappa shape index (κ3) is 9.08. The molecule has 2 aromatic rings. The summed E-state index contributed by atoms with van der Waals surface area (Å²) in [6.07, 6.45) is 2.28. The van der Waals surface area contributed by atoms with E-state index in [0.29, 0.717) is 17.7 Å². The Hall–Kier alpha value is -3.55. The molecule has 8 nitrogen and oxygen atoms in total. The molecule has 0 aliphatic carbocycles. The molecule has 2 unspecified atom stereocenters. The van der Waals surface area contributed by atoms with Crippen molar-refractivity contribution in [3.8, 4) is 5.75 Å². The average molecular weight is 526 g/mol. The van der Waals surface area contributed by atoms with Crippen LogP contribution in [0, 0.1) is 6.92 Å². The molecule has 208 valence electrons. The van der Waals surface area contributed by atoms with Gasteiger partial charge < -0.3 is 25.4 Å². The normalized spacial score (nSPS) is 12.8. The number of hydrogen-bond acceptors (Lipinski definition) is 5. The largest absolute Gasteiger partial charge is 0.507 e. The highest BCUT2D eigenvalue weighted by molar-refractivity contribution is 5.92. The molecule has 0 saturated carbocycles. The zero-order valence-corrected chi connectivity index (χ0v) is 23.5. The summed E-state index contributed by atoms with van der Waals surface area (Å²) in [5.74, 6) is -0.864. The number of nitrogens with zero attached hydrogens (tertiary/aromatic N) is 1. The molecule has 2 aromatic carbocycles. The van der Waals surface area contributed by atoms with Gasteiger partial charge in [-0.15, -0.1) is 0 Å². The second-order valence-corrected chi connectivity index (χ2v) is 10.4. The van der Waals surface area contributed by atoms with Gasteiger partial charge in [-0.2, -0.15) is 0 Å². The number of phenolic OH excluding ortho intramolecular Hbond substituents is 1. The van der Waals surface area contributed by atoms with Crippen LogP contribution in [0.1, 0.15) is 76.6 Å². The summed E-state index contributed by atoms with van der Waals surface area (Å²) in [6.45, 7) is 11.5. The van der Waals surface area contributed by atoms with Crippen molar-refractivity contribution in [2.75, 3.05) is 13.1 Å². The summed E-state index contributed by atoms with van der Waals surface area (Å²) in [4.78, 5) is 41.7. The van der Waals surface area contributed by atoms with Crippen LogP contribution in [0.5, 0.6) is 5.75 Å². The second-order valence-electron chi connectivity index (χ2n) is 10.4. The first-order valence-corrected chi connectivity index (χ1v) is 13.4. The van der Waals surface area contributed by atoms with E-state index in [4.69, 9.17) is 4.74 Å². The summed E-state index contributed by atoms with van der Waals surface area (Å²) < 4.78 is 5.43. The fourth-order valence-corrected chi connectivity index (χ4v) is 4.20. The van der Waals surface area contributed by atoms with Gasteiger partial charge in [0.15, 0.2) is 0 Å². The van der Waals surface area contributed by atoms with Crippen molar-refractivity contribution in [1.82, 2.24) is 15.5 Å². The molecule has 0 aliphatic rings. The van der Waals surface area contributed by atoms with Crippen molar-refractivity contribution in [3.05, 3.63) is 65.2 Å². The predicted molar refractivity (Wildman–Crippen MR) is 149 cm³/mol. The molecule has 0 bridgehead atoms. The lowest BCUT2D eigenvalue weighted by molar-refractivity contribution is -0.142. The van der Waals surface area contributed by atoms with Gasteiger partial charge >= 0.3 is 6.09 Å². The van der Waals surface area contributed by atoms with E-state index in [1.54, 1.807) is 52.8 Å². The number of ether oxygens (including phenoxy) is 1. The van der Waals surface area contributed by atoms with Gasteiger partial charge in [0.2, 0.25) is 11.8 Å². The first-order valence-electron chi connectivity index (χ1n) is 13.4. The number of nitrogens with one attached hydrogen (secondary N) is 2. The molecule has 2 rings (SSSR count). The predicted octanol–water partition coefficient (Wildman–Crippen LogP) is 5.03. The third-order valence-corrected chi connectivity index (χ3v) is 6.10. The summed E-state index contributed by atoms with van der Waals surface area (Å²) >= 11 is 0. The Balaban J connectivity index is 2.46. The lowest BCUT2D eigenvalue weighted by Gasteiger charge is -2.34. The van der Waals surface area contributed by atoms with Gasteiger partial charge in [0.1, 0.15) is 23.4 Å². The van der Waals surface area contributed by atoms with E-state index >= 15 is 0 Å². The molecule has 0 aliphatic heterocycles. The first-order chi connectivity index (χ1) is 18.0. The monoisotopic (exact) mass is 525 g/mol. The molecule has 0 heterocycles. The molecular formula is C30H43N3O5. The standard InChI is InChI=1S/C30H43N3O5/c1-7-9-13-19-31-27(35)25(23-18-14-15-21(3)26(23)34)33(8-2)28(36)24(20-22-16-11-10-12-17-22)32-29(37)38-30(4,5)6/h10-12,14-18,24-25,34H,7-9,13,19-20H2,1-6H3,(H,31,35)(H,32,37). The van der Waals surface area contributed by atoms with Gasteiger partial charge in [0.25, 0.3) is 0 Å². The summed E-state index contributed by atoms with van der Waals surface area (Å²) in [6, 6.07) is 12.4. The number of carbonyl (C=O) groups excluding carboxylic acids is 3. The van der Waals surface area contributed by atoms with Crippen molar-refractivity contribution < 1.29 is 24.2 Å². The first kappa shape index (κ1) is 30.7. The smallest absolute Gasteiger partial charge is 0.408 e. The number of aryl methyl sites for hydroxylation is 1. The number of hydrogen-bond donors (Lipinski definition) is 3. The van der Waals surface area contributed by atoms with Crippen LogP contribution < -0.4 is 10.6 Å². The van der Waals surface area contributed by atoms with Gasteiger partial charge in [0, 0.05) is 25.1 Å². The van der Waals surface area contributed by atoms with E-state index < -0.39 is 29.7 Å². The van der Waals surface area contributed by atoms with Crippen molar-refractivity contribution in [1.29, 1.82) is 0 Å². The maximum Gasteiger partial charge on any atom is 0.408 e. The molecule has 0 aromatic heterocycles. The van der Waals surface area contributed by atoms with Gasteiger partial charge in [-0.05, 0) is 52.2 Å². The Bertz CT molecular complexity index is 1070. The third-order valence-electron chi connectivity index (χ3n) is 6.10. The molecule has 0 spiro atoms. The van der Waals surface area contributed by atoms with E-state index in [1.807, 2.05) is 30.3 Å². The molecule has 3 N–H and O–H groups in total. The van der Waals surface area contributed by atoms with Crippen LogP contribution in [0.4, 0.5) is 4.79 Å².